The monoisotopic (exact) mass is 435 g/mol. The summed E-state index contributed by atoms with van der Waals surface area (Å²) in [5.41, 5.74) is 2.03. The van der Waals surface area contributed by atoms with E-state index in [9.17, 15) is 8.42 Å². The largest absolute Gasteiger partial charge is 0.369 e. The third kappa shape index (κ3) is 6.09. The van der Waals surface area contributed by atoms with Crippen LogP contribution in [0.5, 0.6) is 0 Å². The van der Waals surface area contributed by atoms with Gasteiger partial charge in [0.1, 0.15) is 0 Å². The van der Waals surface area contributed by atoms with E-state index in [4.69, 9.17) is 16.7 Å². The molecular weight excluding hydrogens is 410 g/mol. The number of nitrogens with zero attached hydrogens (tertiary/aromatic N) is 2. The van der Waals surface area contributed by atoms with Crippen molar-refractivity contribution in [2.45, 2.75) is 30.8 Å². The van der Waals surface area contributed by atoms with Crippen LogP contribution in [0, 0.1) is 0 Å². The Labute approximate surface area is 177 Å². The third-order valence-corrected chi connectivity index (χ3v) is 5.88. The molecule has 7 nitrogen and oxygen atoms in total. The van der Waals surface area contributed by atoms with Crippen molar-refractivity contribution in [1.29, 1.82) is 0 Å². The molecule has 3 rings (SSSR count). The number of guanidine groups is 1. The molecule has 0 aliphatic carbocycles. The van der Waals surface area contributed by atoms with Crippen molar-refractivity contribution < 1.29 is 8.42 Å². The number of rotatable bonds is 6. The number of hydrogen-bond donors (Lipinski definition) is 3. The van der Waals surface area contributed by atoms with Gasteiger partial charge in [0, 0.05) is 36.4 Å². The molecule has 29 heavy (non-hydrogen) atoms. The Balaban J connectivity index is 1.61. The molecule has 1 saturated heterocycles. The van der Waals surface area contributed by atoms with Gasteiger partial charge in [-0.05, 0) is 49.2 Å². The number of nitrogens with two attached hydrogens (primary N) is 1. The van der Waals surface area contributed by atoms with Crippen molar-refractivity contribution in [1.82, 2.24) is 10.6 Å². The fourth-order valence-electron chi connectivity index (χ4n) is 3.25. The SMILES string of the molecule is CCNC(=NCc1ccc(S(N)(=O)=O)cc1)NC1CCN(c2cccc(Cl)c2)C1. The van der Waals surface area contributed by atoms with Gasteiger partial charge in [0.25, 0.3) is 0 Å². The first-order valence-electron chi connectivity index (χ1n) is 9.52. The molecule has 0 aromatic heterocycles. The highest BCUT2D eigenvalue weighted by molar-refractivity contribution is 7.89. The maximum absolute atomic E-state index is 11.4. The van der Waals surface area contributed by atoms with E-state index in [1.54, 1.807) is 12.1 Å². The summed E-state index contributed by atoms with van der Waals surface area (Å²) in [6.07, 6.45) is 1.000. The molecule has 0 saturated carbocycles. The van der Waals surface area contributed by atoms with Gasteiger partial charge in [-0.15, -0.1) is 0 Å². The van der Waals surface area contributed by atoms with Gasteiger partial charge in [-0.2, -0.15) is 0 Å². The van der Waals surface area contributed by atoms with Crippen molar-refractivity contribution in [2.24, 2.45) is 10.1 Å². The van der Waals surface area contributed by atoms with Crippen LogP contribution in [0.1, 0.15) is 18.9 Å². The summed E-state index contributed by atoms with van der Waals surface area (Å²) >= 11 is 6.11. The molecule has 1 aliphatic rings. The minimum absolute atomic E-state index is 0.0994. The second-order valence-corrected chi connectivity index (χ2v) is 8.94. The van der Waals surface area contributed by atoms with Gasteiger partial charge in [0.2, 0.25) is 10.0 Å². The van der Waals surface area contributed by atoms with E-state index in [1.165, 1.54) is 12.1 Å². The Morgan fingerprint density at radius 1 is 1.28 bits per heavy atom. The second kappa shape index (κ2) is 9.47. The van der Waals surface area contributed by atoms with Crippen LogP contribution in [0.25, 0.3) is 0 Å². The summed E-state index contributed by atoms with van der Waals surface area (Å²) in [6, 6.07) is 14.6. The standard InChI is InChI=1S/C20H26ClN5O2S/c1-2-23-20(24-13-15-6-8-19(9-7-15)29(22,27)28)25-17-10-11-26(14-17)18-5-3-4-16(21)12-18/h3-9,12,17H,2,10-11,13-14H2,1H3,(H2,22,27,28)(H2,23,24,25). The Hall–Kier alpha value is -2.29. The van der Waals surface area contributed by atoms with Crippen LogP contribution in [0.15, 0.2) is 58.4 Å². The predicted octanol–water partition coefficient (Wildman–Crippen LogP) is 2.32. The predicted molar refractivity (Wildman–Crippen MR) is 118 cm³/mol. The van der Waals surface area contributed by atoms with E-state index < -0.39 is 10.0 Å². The van der Waals surface area contributed by atoms with Gasteiger partial charge in [0.05, 0.1) is 11.4 Å². The molecule has 1 fully saturated rings. The fraction of sp³-hybridized carbons (Fsp3) is 0.350. The summed E-state index contributed by atoms with van der Waals surface area (Å²) in [5.74, 6) is 0.737. The van der Waals surface area contributed by atoms with Gasteiger partial charge < -0.3 is 15.5 Å². The summed E-state index contributed by atoms with van der Waals surface area (Å²) in [6.45, 7) is 5.02. The van der Waals surface area contributed by atoms with E-state index in [1.807, 2.05) is 25.1 Å². The quantitative estimate of drug-likeness (QED) is 0.477. The lowest BCUT2D eigenvalue weighted by molar-refractivity contribution is 0.597. The summed E-state index contributed by atoms with van der Waals surface area (Å²) < 4.78 is 22.7. The molecule has 1 unspecified atom stereocenters. The molecule has 0 radical (unpaired) electrons. The average molecular weight is 436 g/mol. The number of aliphatic imine (C=N–C) groups is 1. The number of benzene rings is 2. The Bertz CT molecular complexity index is 963. The van der Waals surface area contributed by atoms with Crippen LogP contribution in [-0.4, -0.2) is 40.1 Å². The molecule has 0 spiro atoms. The van der Waals surface area contributed by atoms with Crippen LogP contribution in [0.4, 0.5) is 5.69 Å². The zero-order valence-electron chi connectivity index (χ0n) is 16.3. The maximum Gasteiger partial charge on any atom is 0.238 e. The van der Waals surface area contributed by atoms with Gasteiger partial charge in [-0.25, -0.2) is 18.5 Å². The zero-order valence-corrected chi connectivity index (χ0v) is 17.9. The first-order valence-corrected chi connectivity index (χ1v) is 11.4. The molecule has 1 heterocycles. The number of hydrogen-bond acceptors (Lipinski definition) is 4. The van der Waals surface area contributed by atoms with E-state index in [-0.39, 0.29) is 10.9 Å². The molecule has 4 N–H and O–H groups in total. The first-order chi connectivity index (χ1) is 13.8. The topological polar surface area (TPSA) is 99.8 Å². The lowest BCUT2D eigenvalue weighted by Crippen LogP contribution is -2.44. The van der Waals surface area contributed by atoms with Crippen molar-refractivity contribution in [3.05, 3.63) is 59.1 Å². The first kappa shape index (κ1) is 21.4. The maximum atomic E-state index is 11.4. The average Bonchev–Trinajstić information content (AvgIpc) is 3.14. The number of sulfonamides is 1. The smallest absolute Gasteiger partial charge is 0.238 e. The lowest BCUT2D eigenvalue weighted by atomic mass is 10.2. The van der Waals surface area contributed by atoms with Gasteiger partial charge in [0.15, 0.2) is 5.96 Å². The fourth-order valence-corrected chi connectivity index (χ4v) is 3.95. The van der Waals surface area contributed by atoms with E-state index in [0.29, 0.717) is 6.54 Å². The van der Waals surface area contributed by atoms with Crippen LogP contribution in [0.2, 0.25) is 5.02 Å². The van der Waals surface area contributed by atoms with Crippen LogP contribution < -0.4 is 20.7 Å². The third-order valence-electron chi connectivity index (χ3n) is 4.72. The van der Waals surface area contributed by atoms with Crippen molar-refractivity contribution >= 4 is 33.3 Å². The van der Waals surface area contributed by atoms with Crippen molar-refractivity contribution in [3.63, 3.8) is 0 Å². The highest BCUT2D eigenvalue weighted by Crippen LogP contribution is 2.23. The molecule has 9 heteroatoms. The normalized spacial score (nSPS) is 17.4. The van der Waals surface area contributed by atoms with Gasteiger partial charge in [-0.1, -0.05) is 29.8 Å². The number of halogens is 1. The Morgan fingerprint density at radius 3 is 2.69 bits per heavy atom. The molecular formula is C20H26ClN5O2S. The summed E-state index contributed by atoms with van der Waals surface area (Å²) in [7, 11) is -3.68. The lowest BCUT2D eigenvalue weighted by Gasteiger charge is -2.20. The number of nitrogens with one attached hydrogen (secondary N) is 2. The number of anilines is 1. The van der Waals surface area contributed by atoms with Gasteiger partial charge >= 0.3 is 0 Å². The summed E-state index contributed by atoms with van der Waals surface area (Å²) in [5, 5.41) is 12.6. The minimum atomic E-state index is -3.68. The van der Waals surface area contributed by atoms with E-state index in [2.05, 4.69) is 26.6 Å². The molecule has 1 atom stereocenters. The van der Waals surface area contributed by atoms with Crippen LogP contribution >= 0.6 is 11.6 Å². The highest BCUT2D eigenvalue weighted by atomic mass is 35.5. The molecule has 156 valence electrons. The molecule has 1 aliphatic heterocycles. The van der Waals surface area contributed by atoms with E-state index >= 15 is 0 Å². The Kier molecular flexibility index (Phi) is 7.00. The van der Waals surface area contributed by atoms with Crippen LogP contribution in [0.3, 0.4) is 0 Å². The van der Waals surface area contributed by atoms with Crippen molar-refractivity contribution in [3.8, 4) is 0 Å². The molecule has 0 bridgehead atoms. The van der Waals surface area contributed by atoms with Crippen LogP contribution in [-0.2, 0) is 16.6 Å². The second-order valence-electron chi connectivity index (χ2n) is 6.94. The Morgan fingerprint density at radius 2 is 2.03 bits per heavy atom. The van der Waals surface area contributed by atoms with Crippen molar-refractivity contribution in [2.75, 3.05) is 24.5 Å². The number of primary sulfonamides is 1. The molecule has 2 aromatic rings. The minimum Gasteiger partial charge on any atom is -0.369 e. The highest BCUT2D eigenvalue weighted by Gasteiger charge is 2.23. The van der Waals surface area contributed by atoms with Gasteiger partial charge in [-0.3, -0.25) is 0 Å². The molecule has 0 amide bonds. The molecule has 2 aromatic carbocycles. The summed E-state index contributed by atoms with van der Waals surface area (Å²) in [4.78, 5) is 7.03. The van der Waals surface area contributed by atoms with E-state index in [0.717, 1.165) is 48.3 Å². The zero-order chi connectivity index (χ0) is 20.9.